The van der Waals surface area contributed by atoms with Gasteiger partial charge in [0, 0.05) is 18.6 Å². The predicted octanol–water partition coefficient (Wildman–Crippen LogP) is 3.40. The van der Waals surface area contributed by atoms with E-state index in [1.807, 2.05) is 0 Å². The fourth-order valence-corrected chi connectivity index (χ4v) is 3.02. The van der Waals surface area contributed by atoms with Crippen molar-refractivity contribution >= 4 is 23.0 Å². The number of ether oxygens (including phenoxy) is 1. The van der Waals surface area contributed by atoms with Crippen molar-refractivity contribution < 1.29 is 24.5 Å². The lowest BCUT2D eigenvalue weighted by atomic mass is 10.1. The molecule has 2 aliphatic rings. The molecule has 1 fully saturated rings. The number of H-pyrrole nitrogens is 1. The van der Waals surface area contributed by atoms with E-state index in [0.29, 0.717) is 5.69 Å². The molecule has 0 atom stereocenters. The number of amidine groups is 1. The van der Waals surface area contributed by atoms with E-state index in [4.69, 9.17) is 11.0 Å². The minimum absolute atomic E-state index is 0.121. The van der Waals surface area contributed by atoms with E-state index >= 15 is 0 Å². The van der Waals surface area contributed by atoms with Crippen molar-refractivity contribution in [2.75, 3.05) is 36.3 Å². The summed E-state index contributed by atoms with van der Waals surface area (Å²) in [5, 5.41) is 9.69. The van der Waals surface area contributed by atoms with Crippen LogP contribution in [0.15, 0.2) is 35.5 Å². The molecule has 0 spiro atoms. The van der Waals surface area contributed by atoms with Crippen LogP contribution in [0, 0.1) is 18.6 Å². The van der Waals surface area contributed by atoms with Crippen LogP contribution in [0.4, 0.5) is 26.0 Å². The summed E-state index contributed by atoms with van der Waals surface area (Å²) < 4.78 is 98.6. The quantitative estimate of drug-likeness (QED) is 0.685. The average molecular weight is 404 g/mol. The zero-order valence-electron chi connectivity index (χ0n) is 22.8. The number of fused-ring (bicyclic) bond motifs is 3. The molecular weight excluding hydrogens is 378 g/mol. The van der Waals surface area contributed by atoms with Gasteiger partial charge in [0.1, 0.15) is 34.7 Å². The van der Waals surface area contributed by atoms with E-state index < -0.39 is 49.1 Å². The third kappa shape index (κ3) is 3.03. The number of morpholine rings is 1. The standard InChI is InChI=1S/C20H18F2N6O/c1-11-18-19(27-26-11)12-9-16(28-5-7-29-8-6-28)23-10-15(12)24-20(25-18)17-13(21)3-2-4-14(17)22/h2-4,9-10H,5-8H2,1H3,(H,24,25)(H,26,27)/i5D2,6D2,7D2,8D2. The number of hydrogen-bond donors (Lipinski definition) is 2. The number of aromatic amines is 1. The van der Waals surface area contributed by atoms with Crippen LogP contribution in [0.5, 0.6) is 0 Å². The van der Waals surface area contributed by atoms with Crippen molar-refractivity contribution in [3.05, 3.63) is 53.4 Å². The molecule has 2 N–H and O–H groups in total. The first-order valence-electron chi connectivity index (χ1n) is 12.4. The van der Waals surface area contributed by atoms with E-state index in [1.54, 1.807) is 6.92 Å². The number of anilines is 2. The van der Waals surface area contributed by atoms with Crippen LogP contribution < -0.4 is 10.2 Å². The topological polar surface area (TPSA) is 78.4 Å². The minimum atomic E-state index is -3.28. The summed E-state index contributed by atoms with van der Waals surface area (Å²) in [6, 6.07) is 4.47. The highest BCUT2D eigenvalue weighted by atomic mass is 19.1. The monoisotopic (exact) mass is 404 g/mol. The summed E-state index contributed by atoms with van der Waals surface area (Å²) in [6.07, 6.45) is 1.10. The van der Waals surface area contributed by atoms with Gasteiger partial charge in [-0.1, -0.05) is 6.07 Å². The number of aryl methyl sites for hydroxylation is 1. The Morgan fingerprint density at radius 2 is 1.97 bits per heavy atom. The summed E-state index contributed by atoms with van der Waals surface area (Å²) >= 11 is 0. The Labute approximate surface area is 176 Å². The number of hydrogen-bond acceptors (Lipinski definition) is 6. The molecule has 2 aromatic heterocycles. The van der Waals surface area contributed by atoms with Crippen LogP contribution >= 0.6 is 0 Å². The molecule has 0 bridgehead atoms. The Hall–Kier alpha value is -3.33. The molecule has 148 valence electrons. The Kier molecular flexibility index (Phi) is 2.63. The summed E-state index contributed by atoms with van der Waals surface area (Å²) in [5.41, 5.74) is 0.570. The number of pyridine rings is 1. The highest BCUT2D eigenvalue weighted by Crippen LogP contribution is 2.40. The van der Waals surface area contributed by atoms with Gasteiger partial charge in [0.05, 0.1) is 47.2 Å². The fourth-order valence-electron chi connectivity index (χ4n) is 3.02. The van der Waals surface area contributed by atoms with Crippen molar-refractivity contribution in [1.29, 1.82) is 0 Å². The van der Waals surface area contributed by atoms with Crippen molar-refractivity contribution in [1.82, 2.24) is 15.2 Å². The molecule has 0 radical (unpaired) electrons. The maximum Gasteiger partial charge on any atom is 0.144 e. The second-order valence-corrected chi connectivity index (χ2v) is 6.18. The van der Waals surface area contributed by atoms with Crippen molar-refractivity contribution in [3.8, 4) is 11.3 Å². The molecular formula is C20H18F2N6O. The van der Waals surface area contributed by atoms with Crippen LogP contribution in [0.25, 0.3) is 11.3 Å². The first-order valence-corrected chi connectivity index (χ1v) is 8.44. The van der Waals surface area contributed by atoms with E-state index in [1.165, 1.54) is 6.07 Å². The molecule has 1 aromatic carbocycles. The van der Waals surface area contributed by atoms with E-state index in [9.17, 15) is 8.78 Å². The second-order valence-electron chi connectivity index (χ2n) is 6.18. The minimum Gasteiger partial charge on any atom is -0.378 e. The number of benzene rings is 1. The van der Waals surface area contributed by atoms with Gasteiger partial charge >= 0.3 is 0 Å². The largest absolute Gasteiger partial charge is 0.378 e. The van der Waals surface area contributed by atoms with Crippen LogP contribution in [0.1, 0.15) is 22.2 Å². The number of halogens is 2. The third-order valence-corrected chi connectivity index (χ3v) is 4.38. The van der Waals surface area contributed by atoms with E-state index in [-0.39, 0.29) is 33.4 Å². The molecule has 29 heavy (non-hydrogen) atoms. The Balaban J connectivity index is 1.71. The van der Waals surface area contributed by atoms with Crippen LogP contribution in [-0.4, -0.2) is 47.1 Å². The molecule has 3 aromatic rings. The van der Waals surface area contributed by atoms with Gasteiger partial charge in [-0.2, -0.15) is 5.10 Å². The van der Waals surface area contributed by atoms with Gasteiger partial charge in [-0.3, -0.25) is 5.10 Å². The molecule has 7 nitrogen and oxygen atoms in total. The van der Waals surface area contributed by atoms with E-state index in [0.717, 1.165) is 24.4 Å². The first-order chi connectivity index (χ1) is 17.1. The molecule has 0 unspecified atom stereocenters. The molecule has 9 heteroatoms. The lowest BCUT2D eigenvalue weighted by Crippen LogP contribution is -2.36. The number of nitrogens with one attached hydrogen (secondary N) is 2. The summed E-state index contributed by atoms with van der Waals surface area (Å²) in [7, 11) is 0. The maximum absolute atomic E-state index is 14.6. The van der Waals surface area contributed by atoms with Crippen LogP contribution in [0.2, 0.25) is 0 Å². The summed E-state index contributed by atoms with van der Waals surface area (Å²) in [4.78, 5) is 8.63. The predicted molar refractivity (Wildman–Crippen MR) is 106 cm³/mol. The molecule has 5 rings (SSSR count). The first kappa shape index (κ1) is 11.0. The number of rotatable bonds is 2. The summed E-state index contributed by atoms with van der Waals surface area (Å²) in [5.74, 6) is -2.47. The molecule has 4 heterocycles. The number of aromatic nitrogens is 3. The Bertz CT molecular complexity index is 1410. The lowest BCUT2D eigenvalue weighted by Gasteiger charge is -2.28. The molecule has 0 saturated carbocycles. The third-order valence-electron chi connectivity index (χ3n) is 4.38. The Morgan fingerprint density at radius 1 is 1.21 bits per heavy atom. The average Bonchev–Trinajstić information content (AvgIpc) is 3.03. The summed E-state index contributed by atoms with van der Waals surface area (Å²) in [6.45, 7) is -11.4. The Morgan fingerprint density at radius 3 is 2.72 bits per heavy atom. The van der Waals surface area contributed by atoms with Gasteiger partial charge in [-0.15, -0.1) is 0 Å². The normalized spacial score (nSPS) is 26.9. The number of nitrogens with zero attached hydrogens (tertiary/aromatic N) is 4. The highest BCUT2D eigenvalue weighted by Gasteiger charge is 2.26. The zero-order valence-corrected chi connectivity index (χ0v) is 14.8. The van der Waals surface area contributed by atoms with Crippen LogP contribution in [-0.2, 0) is 4.74 Å². The van der Waals surface area contributed by atoms with Crippen molar-refractivity contribution in [3.63, 3.8) is 0 Å². The van der Waals surface area contributed by atoms with Crippen molar-refractivity contribution in [2.24, 2.45) is 4.99 Å². The fraction of sp³-hybridized carbons (Fsp3) is 0.250. The van der Waals surface area contributed by atoms with Gasteiger partial charge < -0.3 is 15.0 Å². The lowest BCUT2D eigenvalue weighted by molar-refractivity contribution is 0.122. The molecule has 2 aliphatic heterocycles. The smallest absolute Gasteiger partial charge is 0.144 e. The second kappa shape index (κ2) is 6.93. The maximum atomic E-state index is 14.6. The molecule has 1 saturated heterocycles. The zero-order chi connectivity index (χ0) is 27.1. The highest BCUT2D eigenvalue weighted by molar-refractivity contribution is 6.13. The van der Waals surface area contributed by atoms with Crippen molar-refractivity contribution in [2.45, 2.75) is 6.92 Å². The van der Waals surface area contributed by atoms with Gasteiger partial charge in [0.2, 0.25) is 0 Å². The van der Waals surface area contributed by atoms with E-state index in [2.05, 4.69) is 30.2 Å². The molecule has 0 aliphatic carbocycles. The van der Waals surface area contributed by atoms with Gasteiger partial charge in [0.15, 0.2) is 0 Å². The van der Waals surface area contributed by atoms with Crippen LogP contribution in [0.3, 0.4) is 0 Å². The SMILES string of the molecule is [2H]C1([2H])OC([2H])([2H])C([2H])([2H])N(c2cc3c(cn2)NC(c2c(F)cccc2F)=Nc2c-3n[nH]c2C)C1([2H])[2H]. The van der Waals surface area contributed by atoms with Gasteiger partial charge in [-0.25, -0.2) is 18.8 Å². The number of aliphatic imine (C=N–C) groups is 1. The van der Waals surface area contributed by atoms with Gasteiger partial charge in [-0.05, 0) is 25.1 Å². The molecule has 0 amide bonds. The van der Waals surface area contributed by atoms with Gasteiger partial charge in [0.25, 0.3) is 0 Å².